The minimum atomic E-state index is 0.0525. The minimum absolute atomic E-state index is 0.0525. The van der Waals surface area contributed by atoms with Crippen molar-refractivity contribution in [2.75, 3.05) is 13.7 Å². The fourth-order valence-electron chi connectivity index (χ4n) is 5.64. The van der Waals surface area contributed by atoms with Crippen molar-refractivity contribution in [1.29, 1.82) is 0 Å². The summed E-state index contributed by atoms with van der Waals surface area (Å²) in [5.74, 6) is 2.21. The highest BCUT2D eigenvalue weighted by atomic mass is 16.7. The Balaban J connectivity index is 1.94. The van der Waals surface area contributed by atoms with E-state index >= 15 is 0 Å². The van der Waals surface area contributed by atoms with Gasteiger partial charge in [0.1, 0.15) is 0 Å². The highest BCUT2D eigenvalue weighted by Gasteiger charge is 2.59. The molecule has 1 heterocycles. The van der Waals surface area contributed by atoms with Crippen LogP contribution in [0.1, 0.15) is 52.9 Å². The third kappa shape index (κ3) is 1.68. The van der Waals surface area contributed by atoms with Crippen LogP contribution in [0.5, 0.6) is 0 Å². The van der Waals surface area contributed by atoms with Crippen LogP contribution in [0.3, 0.4) is 0 Å². The molecule has 5 atom stereocenters. The van der Waals surface area contributed by atoms with E-state index in [4.69, 9.17) is 9.47 Å². The predicted molar refractivity (Wildman–Crippen MR) is 72.2 cm³/mol. The van der Waals surface area contributed by atoms with Crippen LogP contribution >= 0.6 is 0 Å². The van der Waals surface area contributed by atoms with Crippen molar-refractivity contribution in [3.05, 3.63) is 0 Å². The minimum Gasteiger partial charge on any atom is -0.356 e. The fraction of sp³-hybridized carbons (Fsp3) is 1.00. The molecule has 104 valence electrons. The van der Waals surface area contributed by atoms with E-state index in [1.54, 1.807) is 0 Å². The Labute approximate surface area is 111 Å². The van der Waals surface area contributed by atoms with Crippen LogP contribution < -0.4 is 0 Å². The van der Waals surface area contributed by atoms with Gasteiger partial charge in [0.25, 0.3) is 0 Å². The van der Waals surface area contributed by atoms with Crippen molar-refractivity contribution >= 4 is 0 Å². The van der Waals surface area contributed by atoms with Crippen LogP contribution in [0.25, 0.3) is 0 Å². The molecular weight excluding hydrogens is 224 g/mol. The van der Waals surface area contributed by atoms with E-state index in [0.717, 1.165) is 18.4 Å². The Morgan fingerprint density at radius 1 is 1.11 bits per heavy atom. The van der Waals surface area contributed by atoms with Crippen molar-refractivity contribution in [2.45, 2.75) is 59.2 Å². The van der Waals surface area contributed by atoms with E-state index in [1.807, 2.05) is 7.11 Å². The first-order valence-electron chi connectivity index (χ1n) is 7.63. The Kier molecular flexibility index (Phi) is 3.02. The summed E-state index contributed by atoms with van der Waals surface area (Å²) in [4.78, 5) is 0. The van der Waals surface area contributed by atoms with Crippen molar-refractivity contribution in [1.82, 2.24) is 0 Å². The molecule has 2 saturated carbocycles. The maximum atomic E-state index is 5.91. The van der Waals surface area contributed by atoms with Gasteiger partial charge >= 0.3 is 0 Å². The summed E-state index contributed by atoms with van der Waals surface area (Å²) < 4.78 is 11.6. The van der Waals surface area contributed by atoms with E-state index in [-0.39, 0.29) is 6.29 Å². The van der Waals surface area contributed by atoms with Crippen molar-refractivity contribution in [2.24, 2.45) is 28.6 Å². The number of hydrogen-bond donors (Lipinski definition) is 0. The Bertz CT molecular complexity index is 319. The second-order valence-corrected chi connectivity index (χ2v) is 7.70. The van der Waals surface area contributed by atoms with Gasteiger partial charge in [0.2, 0.25) is 0 Å². The van der Waals surface area contributed by atoms with Gasteiger partial charge < -0.3 is 9.47 Å². The van der Waals surface area contributed by atoms with Crippen molar-refractivity contribution in [3.8, 4) is 0 Å². The summed E-state index contributed by atoms with van der Waals surface area (Å²) in [5, 5.41) is 0. The topological polar surface area (TPSA) is 18.5 Å². The molecule has 2 nitrogen and oxygen atoms in total. The van der Waals surface area contributed by atoms with Gasteiger partial charge in [0, 0.05) is 13.0 Å². The Hall–Kier alpha value is -0.0800. The lowest BCUT2D eigenvalue weighted by Crippen LogP contribution is -2.53. The van der Waals surface area contributed by atoms with Crippen LogP contribution in [0, 0.1) is 28.6 Å². The van der Waals surface area contributed by atoms with Gasteiger partial charge in [-0.25, -0.2) is 0 Å². The zero-order chi connectivity index (χ0) is 13.0. The number of hydrogen-bond acceptors (Lipinski definition) is 2. The van der Waals surface area contributed by atoms with Crippen LogP contribution in [0.2, 0.25) is 0 Å². The maximum absolute atomic E-state index is 5.91. The molecule has 0 aromatic heterocycles. The molecule has 3 fully saturated rings. The quantitative estimate of drug-likeness (QED) is 0.706. The van der Waals surface area contributed by atoms with E-state index < -0.39 is 0 Å². The molecule has 1 saturated heterocycles. The Morgan fingerprint density at radius 3 is 2.61 bits per heavy atom. The summed E-state index contributed by atoms with van der Waals surface area (Å²) in [6, 6.07) is 0. The predicted octanol–water partition coefficient (Wildman–Crippen LogP) is 3.85. The molecule has 2 heteroatoms. The van der Waals surface area contributed by atoms with Crippen molar-refractivity contribution < 1.29 is 9.47 Å². The molecule has 2 aliphatic carbocycles. The SMILES string of the molecule is COC1OCC2CCC3C(C)(C)CCCC3(C)C21. The lowest BCUT2D eigenvalue weighted by molar-refractivity contribution is -0.171. The third-order valence-electron chi connectivity index (χ3n) is 6.37. The molecule has 0 radical (unpaired) electrons. The summed E-state index contributed by atoms with van der Waals surface area (Å²) in [6.07, 6.45) is 6.92. The number of fused-ring (bicyclic) bond motifs is 3. The molecule has 5 unspecified atom stereocenters. The fourth-order valence-corrected chi connectivity index (χ4v) is 5.64. The van der Waals surface area contributed by atoms with E-state index in [1.165, 1.54) is 32.1 Å². The first kappa shape index (κ1) is 12.9. The number of methoxy groups -OCH3 is 1. The van der Waals surface area contributed by atoms with E-state index in [0.29, 0.717) is 16.7 Å². The largest absolute Gasteiger partial charge is 0.356 e. The summed E-state index contributed by atoms with van der Waals surface area (Å²) in [5.41, 5.74) is 0.931. The molecule has 0 amide bonds. The smallest absolute Gasteiger partial charge is 0.160 e. The first-order chi connectivity index (χ1) is 8.49. The second-order valence-electron chi connectivity index (χ2n) is 7.70. The van der Waals surface area contributed by atoms with Crippen LogP contribution in [0.15, 0.2) is 0 Å². The zero-order valence-electron chi connectivity index (χ0n) is 12.4. The molecule has 0 aromatic rings. The normalized spacial score (nSPS) is 50.7. The molecular formula is C16H28O2. The molecule has 3 rings (SSSR count). The molecule has 18 heavy (non-hydrogen) atoms. The van der Waals surface area contributed by atoms with E-state index in [9.17, 15) is 0 Å². The lowest BCUT2D eigenvalue weighted by atomic mass is 9.47. The average molecular weight is 252 g/mol. The molecule has 1 aliphatic heterocycles. The van der Waals surface area contributed by atoms with Crippen LogP contribution in [-0.4, -0.2) is 20.0 Å². The summed E-state index contributed by atoms with van der Waals surface area (Å²) in [6.45, 7) is 8.40. The molecule has 3 aliphatic rings. The van der Waals surface area contributed by atoms with E-state index in [2.05, 4.69) is 20.8 Å². The summed E-state index contributed by atoms with van der Waals surface area (Å²) >= 11 is 0. The monoisotopic (exact) mass is 252 g/mol. The second kappa shape index (κ2) is 4.21. The third-order valence-corrected chi connectivity index (χ3v) is 6.37. The Morgan fingerprint density at radius 2 is 1.89 bits per heavy atom. The summed E-state index contributed by atoms with van der Waals surface area (Å²) in [7, 11) is 1.81. The van der Waals surface area contributed by atoms with Crippen LogP contribution in [0.4, 0.5) is 0 Å². The first-order valence-corrected chi connectivity index (χ1v) is 7.63. The van der Waals surface area contributed by atoms with Crippen LogP contribution in [-0.2, 0) is 9.47 Å². The highest BCUT2D eigenvalue weighted by Crippen LogP contribution is 2.63. The highest BCUT2D eigenvalue weighted by molar-refractivity contribution is 5.05. The zero-order valence-corrected chi connectivity index (χ0v) is 12.4. The van der Waals surface area contributed by atoms with Gasteiger partial charge in [0.05, 0.1) is 6.61 Å². The standard InChI is InChI=1S/C16H28O2/c1-15(2)8-5-9-16(3)12(15)7-6-11-10-18-14(17-4)13(11)16/h11-14H,5-10H2,1-4H3. The molecule has 0 aromatic carbocycles. The van der Waals surface area contributed by atoms with Gasteiger partial charge in [-0.3, -0.25) is 0 Å². The van der Waals surface area contributed by atoms with Gasteiger partial charge in [-0.05, 0) is 48.3 Å². The van der Waals surface area contributed by atoms with Gasteiger partial charge in [0.15, 0.2) is 6.29 Å². The van der Waals surface area contributed by atoms with Crippen molar-refractivity contribution in [3.63, 3.8) is 0 Å². The molecule has 0 spiro atoms. The average Bonchev–Trinajstić information content (AvgIpc) is 2.72. The van der Waals surface area contributed by atoms with Gasteiger partial charge in [-0.2, -0.15) is 0 Å². The number of rotatable bonds is 1. The lowest BCUT2D eigenvalue weighted by Gasteiger charge is -2.58. The van der Waals surface area contributed by atoms with Gasteiger partial charge in [-0.15, -0.1) is 0 Å². The molecule has 0 N–H and O–H groups in total. The van der Waals surface area contributed by atoms with Gasteiger partial charge in [-0.1, -0.05) is 27.2 Å². The maximum Gasteiger partial charge on any atom is 0.160 e. The number of ether oxygens (including phenoxy) is 2. The molecule has 0 bridgehead atoms.